The third kappa shape index (κ3) is 2.87. The Morgan fingerprint density at radius 2 is 1.94 bits per heavy atom. The average molecular weight is 312 g/mol. The van der Waals surface area contributed by atoms with E-state index in [9.17, 15) is 4.39 Å². The summed E-state index contributed by atoms with van der Waals surface area (Å²) in [6.45, 7) is 0. The Morgan fingerprint density at radius 3 is 2.67 bits per heavy atom. The molecular weight excluding hydrogens is 293 g/mol. The van der Waals surface area contributed by atoms with Gasteiger partial charge < -0.3 is 5.32 Å². The third-order valence-corrected chi connectivity index (χ3v) is 4.95. The maximum Gasteiger partial charge on any atom is 0.124 e. The zero-order valence-corrected chi connectivity index (χ0v) is 12.0. The van der Waals surface area contributed by atoms with E-state index in [0.29, 0.717) is 6.04 Å². The van der Waals surface area contributed by atoms with Gasteiger partial charge in [0.05, 0.1) is 0 Å². The van der Waals surface area contributed by atoms with Crippen molar-refractivity contribution in [2.45, 2.75) is 44.6 Å². The van der Waals surface area contributed by atoms with Gasteiger partial charge in [0.2, 0.25) is 0 Å². The first-order chi connectivity index (χ1) is 8.72. The lowest BCUT2D eigenvalue weighted by Gasteiger charge is -2.30. The van der Waals surface area contributed by atoms with Crippen LogP contribution in [0.2, 0.25) is 0 Å². The number of nitrogens with one attached hydrogen (secondary N) is 1. The predicted molar refractivity (Wildman–Crippen MR) is 76.2 cm³/mol. The van der Waals surface area contributed by atoms with Crippen molar-refractivity contribution in [3.8, 4) is 0 Å². The van der Waals surface area contributed by atoms with Crippen LogP contribution in [-0.4, -0.2) is 6.04 Å². The Bertz CT molecular complexity index is 431. The summed E-state index contributed by atoms with van der Waals surface area (Å²) in [4.78, 5) is 0. The van der Waals surface area contributed by atoms with Gasteiger partial charge in [-0.25, -0.2) is 4.39 Å². The van der Waals surface area contributed by atoms with E-state index >= 15 is 0 Å². The molecule has 0 spiro atoms. The van der Waals surface area contributed by atoms with Crippen molar-refractivity contribution in [1.82, 2.24) is 0 Å². The molecule has 0 radical (unpaired) electrons. The van der Waals surface area contributed by atoms with Crippen LogP contribution in [0, 0.1) is 17.7 Å². The molecule has 0 heterocycles. The van der Waals surface area contributed by atoms with Gasteiger partial charge in [-0.05, 0) is 71.6 Å². The Morgan fingerprint density at radius 1 is 1.11 bits per heavy atom. The summed E-state index contributed by atoms with van der Waals surface area (Å²) in [5, 5.41) is 3.58. The Labute approximate surface area is 116 Å². The summed E-state index contributed by atoms with van der Waals surface area (Å²) in [5.74, 6) is 1.74. The molecule has 1 nitrogen and oxygen atoms in total. The highest BCUT2D eigenvalue weighted by Crippen LogP contribution is 2.44. The number of hydrogen-bond donors (Lipinski definition) is 1. The minimum Gasteiger partial charge on any atom is -0.381 e. The van der Waals surface area contributed by atoms with Crippen LogP contribution in [-0.2, 0) is 0 Å². The molecule has 0 aromatic heterocycles. The van der Waals surface area contributed by atoms with E-state index < -0.39 is 0 Å². The molecule has 0 amide bonds. The van der Waals surface area contributed by atoms with E-state index in [1.165, 1.54) is 50.7 Å². The summed E-state index contributed by atoms with van der Waals surface area (Å²) in [6.07, 6.45) is 8.15. The molecule has 2 unspecified atom stereocenters. The molecule has 3 rings (SSSR count). The molecule has 18 heavy (non-hydrogen) atoms. The predicted octanol–water partition coefficient (Wildman–Crippen LogP) is 4.97. The van der Waals surface area contributed by atoms with E-state index in [-0.39, 0.29) is 5.82 Å². The van der Waals surface area contributed by atoms with Gasteiger partial charge in [0.15, 0.2) is 0 Å². The fourth-order valence-corrected chi connectivity index (χ4v) is 3.65. The van der Waals surface area contributed by atoms with E-state index in [2.05, 4.69) is 21.2 Å². The highest BCUT2D eigenvalue weighted by atomic mass is 79.9. The number of halogens is 2. The second-order valence-corrected chi connectivity index (χ2v) is 6.58. The van der Waals surface area contributed by atoms with E-state index in [1.807, 2.05) is 6.07 Å². The van der Waals surface area contributed by atoms with Crippen molar-refractivity contribution in [1.29, 1.82) is 0 Å². The molecule has 1 N–H and O–H groups in total. The Hall–Kier alpha value is -0.570. The summed E-state index contributed by atoms with van der Waals surface area (Å²) in [7, 11) is 0. The molecule has 1 aromatic rings. The molecule has 2 fully saturated rings. The molecule has 0 saturated heterocycles. The largest absolute Gasteiger partial charge is 0.381 e. The zero-order valence-electron chi connectivity index (χ0n) is 10.5. The molecule has 0 aliphatic heterocycles. The lowest BCUT2D eigenvalue weighted by atomic mass is 9.82. The lowest BCUT2D eigenvalue weighted by Crippen LogP contribution is -2.28. The molecule has 0 bridgehead atoms. The van der Waals surface area contributed by atoms with Crippen LogP contribution in [0.1, 0.15) is 38.5 Å². The van der Waals surface area contributed by atoms with Gasteiger partial charge in [-0.3, -0.25) is 0 Å². The lowest BCUT2D eigenvalue weighted by molar-refractivity contribution is 0.303. The van der Waals surface area contributed by atoms with Gasteiger partial charge in [-0.15, -0.1) is 0 Å². The van der Waals surface area contributed by atoms with Crippen LogP contribution < -0.4 is 5.32 Å². The second-order valence-electron chi connectivity index (χ2n) is 5.73. The molecule has 98 valence electrons. The molecular formula is C15H19BrFN. The molecule has 2 atom stereocenters. The van der Waals surface area contributed by atoms with Gasteiger partial charge in [-0.1, -0.05) is 12.8 Å². The molecule has 2 saturated carbocycles. The summed E-state index contributed by atoms with van der Waals surface area (Å²) >= 11 is 3.43. The first-order valence-electron chi connectivity index (χ1n) is 6.94. The van der Waals surface area contributed by atoms with Crippen molar-refractivity contribution in [3.63, 3.8) is 0 Å². The van der Waals surface area contributed by atoms with Gasteiger partial charge in [0.1, 0.15) is 5.82 Å². The van der Waals surface area contributed by atoms with E-state index in [0.717, 1.165) is 22.0 Å². The zero-order chi connectivity index (χ0) is 12.5. The Balaban J connectivity index is 1.64. The van der Waals surface area contributed by atoms with E-state index in [4.69, 9.17) is 0 Å². The normalized spacial score (nSPS) is 28.1. The third-order valence-electron chi connectivity index (χ3n) is 4.29. The summed E-state index contributed by atoms with van der Waals surface area (Å²) < 4.78 is 13.9. The maximum atomic E-state index is 13.0. The summed E-state index contributed by atoms with van der Waals surface area (Å²) in [5.41, 5.74) is 1.03. The van der Waals surface area contributed by atoms with Crippen molar-refractivity contribution < 1.29 is 4.39 Å². The van der Waals surface area contributed by atoms with Crippen LogP contribution in [0.4, 0.5) is 10.1 Å². The smallest absolute Gasteiger partial charge is 0.124 e. The first kappa shape index (κ1) is 12.5. The fraction of sp³-hybridized carbons (Fsp3) is 0.600. The average Bonchev–Trinajstić information content (AvgIpc) is 3.17. The van der Waals surface area contributed by atoms with E-state index in [1.54, 1.807) is 0 Å². The van der Waals surface area contributed by atoms with Gasteiger partial charge in [-0.2, -0.15) is 0 Å². The number of anilines is 1. The highest BCUT2D eigenvalue weighted by molar-refractivity contribution is 9.10. The highest BCUT2D eigenvalue weighted by Gasteiger charge is 2.34. The maximum absolute atomic E-state index is 13.0. The van der Waals surface area contributed by atoms with Gasteiger partial charge >= 0.3 is 0 Å². The fourth-order valence-electron chi connectivity index (χ4n) is 3.18. The van der Waals surface area contributed by atoms with Crippen molar-refractivity contribution in [3.05, 3.63) is 28.5 Å². The topological polar surface area (TPSA) is 12.0 Å². The van der Waals surface area contributed by atoms with Crippen molar-refractivity contribution >= 4 is 21.6 Å². The van der Waals surface area contributed by atoms with Crippen LogP contribution >= 0.6 is 15.9 Å². The quantitative estimate of drug-likeness (QED) is 0.831. The SMILES string of the molecule is Fc1ccc(NC2CCCC(C3CC3)C2)c(Br)c1. The second kappa shape index (κ2) is 5.20. The number of hydrogen-bond acceptors (Lipinski definition) is 1. The van der Waals surface area contributed by atoms with Crippen molar-refractivity contribution in [2.75, 3.05) is 5.32 Å². The van der Waals surface area contributed by atoms with Crippen LogP contribution in [0.25, 0.3) is 0 Å². The summed E-state index contributed by atoms with van der Waals surface area (Å²) in [6, 6.07) is 5.45. The minimum absolute atomic E-state index is 0.188. The number of rotatable bonds is 3. The van der Waals surface area contributed by atoms with Gasteiger partial charge in [0, 0.05) is 16.2 Å². The Kier molecular flexibility index (Phi) is 3.60. The molecule has 1 aromatic carbocycles. The molecule has 2 aliphatic rings. The van der Waals surface area contributed by atoms with Crippen LogP contribution in [0.5, 0.6) is 0 Å². The van der Waals surface area contributed by atoms with Crippen LogP contribution in [0.15, 0.2) is 22.7 Å². The molecule has 3 heteroatoms. The number of benzene rings is 1. The minimum atomic E-state index is -0.188. The molecule has 2 aliphatic carbocycles. The van der Waals surface area contributed by atoms with Crippen LogP contribution in [0.3, 0.4) is 0 Å². The standard InChI is InChI=1S/C15H19BrFN/c16-14-9-12(17)6-7-15(14)18-13-3-1-2-11(8-13)10-4-5-10/h6-7,9-11,13,18H,1-5,8H2. The van der Waals surface area contributed by atoms with Gasteiger partial charge in [0.25, 0.3) is 0 Å². The van der Waals surface area contributed by atoms with Crippen molar-refractivity contribution in [2.24, 2.45) is 11.8 Å². The monoisotopic (exact) mass is 311 g/mol. The first-order valence-corrected chi connectivity index (χ1v) is 7.73.